The fraction of sp³-hybridized carbons (Fsp3) is 0.867. The van der Waals surface area contributed by atoms with Crippen LogP contribution in [0.15, 0.2) is 0 Å². The molecule has 0 aromatic carbocycles. The molecule has 0 spiro atoms. The highest BCUT2D eigenvalue weighted by atomic mass is 16.5. The number of carboxylic acids is 1. The molecular weight excluding hydrogens is 272 g/mol. The molecule has 1 aliphatic carbocycles. The van der Waals surface area contributed by atoms with E-state index in [1.807, 2.05) is 0 Å². The lowest BCUT2D eigenvalue weighted by Crippen LogP contribution is -2.47. The van der Waals surface area contributed by atoms with Gasteiger partial charge in [0.1, 0.15) is 0 Å². The van der Waals surface area contributed by atoms with E-state index >= 15 is 0 Å². The molecule has 0 bridgehead atoms. The molecule has 1 heterocycles. The summed E-state index contributed by atoms with van der Waals surface area (Å²) in [6, 6.07) is -0.279. The minimum atomic E-state index is -0.790. The molecule has 0 aromatic rings. The van der Waals surface area contributed by atoms with Crippen molar-refractivity contribution < 1.29 is 19.4 Å². The van der Waals surface area contributed by atoms with Crippen LogP contribution in [0.4, 0.5) is 4.79 Å². The number of ether oxygens (including phenoxy) is 1. The molecule has 0 radical (unpaired) electrons. The molecule has 21 heavy (non-hydrogen) atoms. The summed E-state index contributed by atoms with van der Waals surface area (Å²) < 4.78 is 5.49. The number of aliphatic carboxylic acids is 1. The molecule has 0 aromatic heterocycles. The highest BCUT2D eigenvalue weighted by Crippen LogP contribution is 2.35. The van der Waals surface area contributed by atoms with Crippen molar-refractivity contribution in [1.29, 1.82) is 0 Å². The lowest BCUT2D eigenvalue weighted by Gasteiger charge is -2.33. The highest BCUT2D eigenvalue weighted by molar-refractivity contribution is 5.78. The van der Waals surface area contributed by atoms with Crippen molar-refractivity contribution >= 4 is 12.0 Å². The summed E-state index contributed by atoms with van der Waals surface area (Å²) in [4.78, 5) is 23.3. The molecule has 2 aliphatic rings. The van der Waals surface area contributed by atoms with E-state index in [1.54, 1.807) is 0 Å². The van der Waals surface area contributed by atoms with Gasteiger partial charge in [-0.15, -0.1) is 0 Å². The molecule has 1 saturated carbocycles. The first-order valence-corrected chi connectivity index (χ1v) is 7.99. The van der Waals surface area contributed by atoms with Crippen LogP contribution in [0.5, 0.6) is 0 Å². The largest absolute Gasteiger partial charge is 0.481 e. The summed E-state index contributed by atoms with van der Waals surface area (Å²) in [5.74, 6) is -0.790. The van der Waals surface area contributed by atoms with Crippen molar-refractivity contribution in [3.05, 3.63) is 0 Å². The number of amides is 2. The van der Waals surface area contributed by atoms with Crippen LogP contribution in [0.1, 0.15) is 51.4 Å². The third kappa shape index (κ3) is 4.59. The standard InChI is InChI=1S/C15H26N2O4/c18-13(19)15(7-2-1-3-8-15)11-17-14(20)16-9-6-12-5-4-10-21-12/h12H,1-11H2,(H,18,19)(H2,16,17,20). The molecule has 6 nitrogen and oxygen atoms in total. The van der Waals surface area contributed by atoms with E-state index in [0.29, 0.717) is 19.4 Å². The molecule has 2 amide bonds. The Morgan fingerprint density at radius 1 is 1.14 bits per heavy atom. The summed E-state index contributed by atoms with van der Waals surface area (Å²) in [5.41, 5.74) is -0.774. The van der Waals surface area contributed by atoms with Gasteiger partial charge in [-0.25, -0.2) is 4.79 Å². The third-order valence-corrected chi connectivity index (χ3v) is 4.63. The molecular formula is C15H26N2O4. The Bertz CT molecular complexity index is 361. The van der Waals surface area contributed by atoms with Crippen LogP contribution >= 0.6 is 0 Å². The summed E-state index contributed by atoms with van der Waals surface area (Å²) in [5, 5.41) is 14.9. The van der Waals surface area contributed by atoms with Crippen molar-refractivity contribution in [3.63, 3.8) is 0 Å². The SMILES string of the molecule is O=C(NCCC1CCCO1)NCC1(C(=O)O)CCCCC1. The normalized spacial score (nSPS) is 24.5. The fourth-order valence-corrected chi connectivity index (χ4v) is 3.23. The third-order valence-electron chi connectivity index (χ3n) is 4.63. The van der Waals surface area contributed by atoms with E-state index in [9.17, 15) is 14.7 Å². The maximum absolute atomic E-state index is 11.8. The van der Waals surface area contributed by atoms with Gasteiger partial charge in [0.25, 0.3) is 0 Å². The number of hydrogen-bond acceptors (Lipinski definition) is 3. The van der Waals surface area contributed by atoms with E-state index in [1.165, 1.54) is 0 Å². The smallest absolute Gasteiger partial charge is 0.314 e. The van der Waals surface area contributed by atoms with Crippen LogP contribution < -0.4 is 10.6 Å². The molecule has 1 aliphatic heterocycles. The minimum Gasteiger partial charge on any atom is -0.481 e. The Kier molecular flexibility index (Phi) is 5.85. The fourth-order valence-electron chi connectivity index (χ4n) is 3.23. The number of hydrogen-bond donors (Lipinski definition) is 3. The van der Waals surface area contributed by atoms with Gasteiger partial charge in [-0.3, -0.25) is 4.79 Å². The highest BCUT2D eigenvalue weighted by Gasteiger charge is 2.39. The number of urea groups is 1. The van der Waals surface area contributed by atoms with Crippen molar-refractivity contribution in [1.82, 2.24) is 10.6 Å². The first-order valence-electron chi connectivity index (χ1n) is 7.99. The number of carboxylic acid groups (broad SMARTS) is 1. The first kappa shape index (κ1) is 16.1. The number of carbonyl (C=O) groups is 2. The second-order valence-corrected chi connectivity index (χ2v) is 6.18. The van der Waals surface area contributed by atoms with Gasteiger partial charge >= 0.3 is 12.0 Å². The number of nitrogens with one attached hydrogen (secondary N) is 2. The maximum Gasteiger partial charge on any atom is 0.314 e. The van der Waals surface area contributed by atoms with Crippen LogP contribution in [0.3, 0.4) is 0 Å². The predicted octanol–water partition coefficient (Wildman–Crippen LogP) is 1.89. The van der Waals surface area contributed by atoms with Crippen molar-refractivity contribution in [2.75, 3.05) is 19.7 Å². The number of carbonyl (C=O) groups excluding carboxylic acids is 1. The second-order valence-electron chi connectivity index (χ2n) is 6.18. The van der Waals surface area contributed by atoms with Gasteiger partial charge in [-0.1, -0.05) is 19.3 Å². The van der Waals surface area contributed by atoms with Crippen LogP contribution in [0.25, 0.3) is 0 Å². The Balaban J connectivity index is 1.67. The Morgan fingerprint density at radius 3 is 2.52 bits per heavy atom. The quantitative estimate of drug-likeness (QED) is 0.699. The van der Waals surface area contributed by atoms with Crippen LogP contribution in [0, 0.1) is 5.41 Å². The Labute approximate surface area is 125 Å². The molecule has 1 atom stereocenters. The molecule has 2 rings (SSSR count). The summed E-state index contributed by atoms with van der Waals surface area (Å²) in [6.07, 6.45) is 7.47. The molecule has 1 saturated heterocycles. The van der Waals surface area contributed by atoms with Gasteiger partial charge in [0.15, 0.2) is 0 Å². The van der Waals surface area contributed by atoms with Crippen molar-refractivity contribution in [2.24, 2.45) is 5.41 Å². The van der Waals surface area contributed by atoms with Gasteiger partial charge in [0.2, 0.25) is 0 Å². The van der Waals surface area contributed by atoms with Gasteiger partial charge < -0.3 is 20.5 Å². The van der Waals surface area contributed by atoms with Gasteiger partial charge in [-0.05, 0) is 32.1 Å². The van der Waals surface area contributed by atoms with Gasteiger partial charge in [0.05, 0.1) is 11.5 Å². The first-order chi connectivity index (χ1) is 10.1. The molecule has 3 N–H and O–H groups in total. The monoisotopic (exact) mass is 298 g/mol. The van der Waals surface area contributed by atoms with Crippen molar-refractivity contribution in [3.8, 4) is 0 Å². The van der Waals surface area contributed by atoms with Crippen LogP contribution in [0.2, 0.25) is 0 Å². The zero-order chi connectivity index (χ0) is 15.1. The van der Waals surface area contributed by atoms with E-state index in [2.05, 4.69) is 10.6 Å². The predicted molar refractivity (Wildman–Crippen MR) is 78.1 cm³/mol. The molecule has 1 unspecified atom stereocenters. The zero-order valence-corrected chi connectivity index (χ0v) is 12.5. The number of rotatable bonds is 6. The Hall–Kier alpha value is -1.30. The van der Waals surface area contributed by atoms with E-state index in [0.717, 1.165) is 45.1 Å². The lowest BCUT2D eigenvalue weighted by molar-refractivity contribution is -0.150. The zero-order valence-electron chi connectivity index (χ0n) is 12.5. The topological polar surface area (TPSA) is 87.7 Å². The van der Waals surface area contributed by atoms with Gasteiger partial charge in [0, 0.05) is 19.7 Å². The average Bonchev–Trinajstić information content (AvgIpc) is 2.99. The summed E-state index contributed by atoms with van der Waals surface area (Å²) in [6.45, 7) is 1.60. The lowest BCUT2D eigenvalue weighted by atomic mass is 9.74. The van der Waals surface area contributed by atoms with E-state index < -0.39 is 11.4 Å². The minimum absolute atomic E-state index is 0.216. The average molecular weight is 298 g/mol. The molecule has 6 heteroatoms. The second kappa shape index (κ2) is 7.64. The van der Waals surface area contributed by atoms with E-state index in [-0.39, 0.29) is 18.7 Å². The van der Waals surface area contributed by atoms with Crippen LogP contribution in [-0.4, -0.2) is 42.9 Å². The van der Waals surface area contributed by atoms with Gasteiger partial charge in [-0.2, -0.15) is 0 Å². The maximum atomic E-state index is 11.8. The molecule has 120 valence electrons. The van der Waals surface area contributed by atoms with Crippen LogP contribution in [-0.2, 0) is 9.53 Å². The Morgan fingerprint density at radius 2 is 1.90 bits per heavy atom. The summed E-state index contributed by atoms with van der Waals surface area (Å²) in [7, 11) is 0. The van der Waals surface area contributed by atoms with Crippen molar-refractivity contribution in [2.45, 2.75) is 57.5 Å². The summed E-state index contributed by atoms with van der Waals surface area (Å²) >= 11 is 0. The van der Waals surface area contributed by atoms with E-state index in [4.69, 9.17) is 4.74 Å². The molecule has 2 fully saturated rings.